The molecule has 1 aromatic heterocycles. The van der Waals surface area contributed by atoms with Crippen LogP contribution in [0.2, 0.25) is 0 Å². The van der Waals surface area contributed by atoms with E-state index in [-0.39, 0.29) is 0 Å². The molecule has 0 aliphatic rings. The number of fused-ring (bicyclic) bond motifs is 1. The highest BCUT2D eigenvalue weighted by molar-refractivity contribution is 5.99. The molecule has 2 rings (SSSR count). The van der Waals surface area contributed by atoms with Crippen molar-refractivity contribution < 1.29 is 9.53 Å². The molecule has 0 amide bonds. The van der Waals surface area contributed by atoms with Crippen molar-refractivity contribution in [3.63, 3.8) is 0 Å². The van der Waals surface area contributed by atoms with E-state index in [1.165, 1.54) is 0 Å². The third-order valence-corrected chi connectivity index (χ3v) is 2.61. The molecule has 1 aromatic carbocycles. The Morgan fingerprint density at radius 3 is 2.88 bits per heavy atom. The van der Waals surface area contributed by atoms with Crippen molar-refractivity contribution in [3.8, 4) is 5.75 Å². The van der Waals surface area contributed by atoms with Crippen LogP contribution in [0.1, 0.15) is 15.9 Å². The van der Waals surface area contributed by atoms with E-state index in [0.29, 0.717) is 12.1 Å². The number of rotatable bonds is 4. The summed E-state index contributed by atoms with van der Waals surface area (Å²) in [5, 5.41) is 7.62. The van der Waals surface area contributed by atoms with Crippen LogP contribution in [0.3, 0.4) is 0 Å². The first-order valence-electron chi connectivity index (χ1n) is 5.30. The lowest BCUT2D eigenvalue weighted by molar-refractivity contribution is 0.112. The molecule has 0 fully saturated rings. The van der Waals surface area contributed by atoms with Crippen LogP contribution in [0.25, 0.3) is 10.9 Å². The molecular formula is C12H15N3O2. The van der Waals surface area contributed by atoms with E-state index in [4.69, 9.17) is 4.74 Å². The molecule has 0 spiro atoms. The number of benzene rings is 1. The number of hydrogen-bond acceptors (Lipinski definition) is 4. The van der Waals surface area contributed by atoms with Crippen molar-refractivity contribution in [3.05, 3.63) is 23.4 Å². The first-order chi connectivity index (χ1) is 8.17. The average molecular weight is 233 g/mol. The minimum Gasteiger partial charge on any atom is -0.496 e. The number of carbonyl (C=O) groups excluding carboxylic acids is 1. The first kappa shape index (κ1) is 11.6. The van der Waals surface area contributed by atoms with Gasteiger partial charge < -0.3 is 9.64 Å². The summed E-state index contributed by atoms with van der Waals surface area (Å²) in [6, 6.07) is 1.84. The molecule has 0 aliphatic heterocycles. The van der Waals surface area contributed by atoms with Crippen molar-refractivity contribution >= 4 is 17.2 Å². The van der Waals surface area contributed by atoms with Crippen LogP contribution in [0.4, 0.5) is 0 Å². The number of aromatic nitrogens is 2. The van der Waals surface area contributed by atoms with E-state index in [9.17, 15) is 4.79 Å². The van der Waals surface area contributed by atoms with Crippen molar-refractivity contribution in [2.24, 2.45) is 0 Å². The number of methoxy groups -OCH3 is 1. The summed E-state index contributed by atoms with van der Waals surface area (Å²) in [6.45, 7) is 0.713. The third-order valence-electron chi connectivity index (χ3n) is 2.61. The second kappa shape index (κ2) is 4.55. The number of hydrogen-bond donors (Lipinski definition) is 1. The molecule has 5 nitrogen and oxygen atoms in total. The number of nitrogens with one attached hydrogen (secondary N) is 1. The Kier molecular flexibility index (Phi) is 3.10. The van der Waals surface area contributed by atoms with Crippen LogP contribution < -0.4 is 4.74 Å². The Bertz CT molecular complexity index is 546. The highest BCUT2D eigenvalue weighted by Gasteiger charge is 2.14. The van der Waals surface area contributed by atoms with Crippen molar-refractivity contribution in [1.29, 1.82) is 0 Å². The van der Waals surface area contributed by atoms with Gasteiger partial charge in [0.05, 0.1) is 24.2 Å². The highest BCUT2D eigenvalue weighted by Crippen LogP contribution is 2.31. The lowest BCUT2D eigenvalue weighted by Gasteiger charge is -2.14. The largest absolute Gasteiger partial charge is 0.496 e. The normalized spacial score (nSPS) is 11.1. The zero-order valence-corrected chi connectivity index (χ0v) is 10.2. The topological polar surface area (TPSA) is 58.2 Å². The number of aromatic amines is 1. The van der Waals surface area contributed by atoms with Crippen molar-refractivity contribution in [2.45, 2.75) is 6.54 Å². The van der Waals surface area contributed by atoms with Gasteiger partial charge in [0, 0.05) is 17.7 Å². The summed E-state index contributed by atoms with van der Waals surface area (Å²) in [6.07, 6.45) is 2.51. The van der Waals surface area contributed by atoms with Crippen molar-refractivity contribution in [2.75, 3.05) is 21.2 Å². The molecular weight excluding hydrogens is 218 g/mol. The fourth-order valence-electron chi connectivity index (χ4n) is 1.97. The number of ether oxygens (including phenoxy) is 1. The monoisotopic (exact) mass is 233 g/mol. The molecule has 0 saturated heterocycles. The number of carbonyl (C=O) groups is 1. The van der Waals surface area contributed by atoms with Crippen LogP contribution >= 0.6 is 0 Å². The van der Waals surface area contributed by atoms with Gasteiger partial charge in [-0.25, -0.2) is 0 Å². The van der Waals surface area contributed by atoms with Gasteiger partial charge in [-0.1, -0.05) is 0 Å². The summed E-state index contributed by atoms with van der Waals surface area (Å²) in [4.78, 5) is 13.1. The zero-order chi connectivity index (χ0) is 12.4. The quantitative estimate of drug-likeness (QED) is 0.812. The van der Waals surface area contributed by atoms with Gasteiger partial charge >= 0.3 is 0 Å². The maximum atomic E-state index is 11.1. The van der Waals surface area contributed by atoms with Crippen molar-refractivity contribution in [1.82, 2.24) is 15.1 Å². The minimum atomic E-state index is 0.607. The lowest BCUT2D eigenvalue weighted by atomic mass is 10.1. The Morgan fingerprint density at radius 1 is 1.53 bits per heavy atom. The standard InChI is InChI=1S/C12H15N3O2/c1-15(2)6-8-4-9(7-16)11-10(5-13-14-11)12(8)17-3/h4-5,7H,6H2,1-3H3,(H,13,14). The van der Waals surface area contributed by atoms with Gasteiger partial charge in [-0.2, -0.15) is 5.10 Å². The van der Waals surface area contributed by atoms with E-state index in [0.717, 1.165) is 28.5 Å². The van der Waals surface area contributed by atoms with Crippen LogP contribution in [0.5, 0.6) is 5.75 Å². The maximum Gasteiger partial charge on any atom is 0.152 e. The molecule has 0 bridgehead atoms. The minimum absolute atomic E-state index is 0.607. The zero-order valence-electron chi connectivity index (χ0n) is 10.2. The Hall–Kier alpha value is -1.88. The predicted octanol–water partition coefficient (Wildman–Crippen LogP) is 1.45. The van der Waals surface area contributed by atoms with Crippen LogP contribution in [0, 0.1) is 0 Å². The molecule has 1 heterocycles. The predicted molar refractivity (Wildman–Crippen MR) is 65.4 cm³/mol. The first-order valence-corrected chi connectivity index (χ1v) is 5.30. The Morgan fingerprint density at radius 2 is 2.29 bits per heavy atom. The van der Waals surface area contributed by atoms with Crippen LogP contribution in [0.15, 0.2) is 12.3 Å². The van der Waals surface area contributed by atoms with Gasteiger partial charge in [-0.05, 0) is 20.2 Å². The third kappa shape index (κ3) is 2.01. The molecule has 90 valence electrons. The second-order valence-electron chi connectivity index (χ2n) is 4.17. The summed E-state index contributed by atoms with van der Waals surface area (Å²) >= 11 is 0. The number of aldehydes is 1. The maximum absolute atomic E-state index is 11.1. The van der Waals surface area contributed by atoms with Gasteiger partial charge in [0.15, 0.2) is 6.29 Å². The van der Waals surface area contributed by atoms with Gasteiger partial charge in [-0.3, -0.25) is 9.89 Å². The molecule has 0 aliphatic carbocycles. The van der Waals surface area contributed by atoms with Gasteiger partial charge in [0.25, 0.3) is 0 Å². The van der Waals surface area contributed by atoms with Gasteiger partial charge in [0.1, 0.15) is 5.75 Å². The average Bonchev–Trinajstić information content (AvgIpc) is 2.76. The van der Waals surface area contributed by atoms with Gasteiger partial charge in [0.2, 0.25) is 0 Å². The lowest BCUT2D eigenvalue weighted by Crippen LogP contribution is -2.12. The molecule has 1 N–H and O–H groups in total. The second-order valence-corrected chi connectivity index (χ2v) is 4.17. The highest BCUT2D eigenvalue weighted by atomic mass is 16.5. The molecule has 0 unspecified atom stereocenters. The van der Waals surface area contributed by atoms with Crippen LogP contribution in [-0.2, 0) is 6.54 Å². The fraction of sp³-hybridized carbons (Fsp3) is 0.333. The molecule has 17 heavy (non-hydrogen) atoms. The van der Waals surface area contributed by atoms with E-state index in [1.807, 2.05) is 25.1 Å². The summed E-state index contributed by atoms with van der Waals surface area (Å²) < 4.78 is 5.41. The fourth-order valence-corrected chi connectivity index (χ4v) is 1.97. The van der Waals surface area contributed by atoms with Gasteiger partial charge in [-0.15, -0.1) is 0 Å². The van der Waals surface area contributed by atoms with E-state index in [2.05, 4.69) is 10.2 Å². The Balaban J connectivity index is 2.68. The SMILES string of the molecule is COc1c(CN(C)C)cc(C=O)c2[nH]ncc12. The molecule has 0 atom stereocenters. The molecule has 0 saturated carbocycles. The smallest absolute Gasteiger partial charge is 0.152 e. The molecule has 2 aromatic rings. The van der Waals surface area contributed by atoms with E-state index >= 15 is 0 Å². The summed E-state index contributed by atoms with van der Waals surface area (Å²) in [5.41, 5.74) is 2.31. The summed E-state index contributed by atoms with van der Waals surface area (Å²) in [5.74, 6) is 0.771. The van der Waals surface area contributed by atoms with E-state index in [1.54, 1.807) is 13.3 Å². The number of nitrogens with zero attached hydrogens (tertiary/aromatic N) is 2. The van der Waals surface area contributed by atoms with Crippen LogP contribution in [-0.4, -0.2) is 42.6 Å². The summed E-state index contributed by atoms with van der Waals surface area (Å²) in [7, 11) is 5.57. The molecule has 5 heteroatoms. The van der Waals surface area contributed by atoms with E-state index < -0.39 is 0 Å². The number of H-pyrrole nitrogens is 1. The Labute approximate surface area is 99.4 Å². The molecule has 0 radical (unpaired) electrons.